The van der Waals surface area contributed by atoms with Gasteiger partial charge in [0, 0.05) is 25.4 Å². The van der Waals surface area contributed by atoms with Gasteiger partial charge in [0.2, 0.25) is 0 Å². The standard InChI is InChI=1S/C14H22N2O4S/c1-11-9-16(10-12(2)20-11)21(18,19)15-14-5-3-13(4-6-14)7-8-17/h3-6,11-12,15,17H,7-10H2,1-2H3. The third-order valence-corrected chi connectivity index (χ3v) is 4.80. The van der Waals surface area contributed by atoms with Crippen LogP contribution in [0.2, 0.25) is 0 Å². The second-order valence-corrected chi connectivity index (χ2v) is 7.02. The summed E-state index contributed by atoms with van der Waals surface area (Å²) < 4.78 is 34.3. The summed E-state index contributed by atoms with van der Waals surface area (Å²) in [6.45, 7) is 4.50. The fourth-order valence-electron chi connectivity index (χ4n) is 2.41. The lowest BCUT2D eigenvalue weighted by Crippen LogP contribution is -2.49. The molecule has 2 atom stereocenters. The van der Waals surface area contributed by atoms with E-state index in [2.05, 4.69) is 4.72 Å². The first-order chi connectivity index (χ1) is 9.90. The van der Waals surface area contributed by atoms with Crippen LogP contribution < -0.4 is 4.72 Å². The normalized spacial score (nSPS) is 24.0. The van der Waals surface area contributed by atoms with Crippen molar-refractivity contribution in [3.8, 4) is 0 Å². The van der Waals surface area contributed by atoms with Crippen LogP contribution >= 0.6 is 0 Å². The molecule has 2 unspecified atom stereocenters. The summed E-state index contributed by atoms with van der Waals surface area (Å²) in [5.41, 5.74) is 1.48. The minimum absolute atomic E-state index is 0.0780. The number of rotatable bonds is 5. The van der Waals surface area contributed by atoms with Crippen molar-refractivity contribution in [1.29, 1.82) is 0 Å². The third-order valence-electron chi connectivity index (χ3n) is 3.33. The van der Waals surface area contributed by atoms with Crippen LogP contribution in [0, 0.1) is 0 Å². The molecule has 0 radical (unpaired) electrons. The van der Waals surface area contributed by atoms with Gasteiger partial charge in [0.1, 0.15) is 0 Å². The van der Waals surface area contributed by atoms with E-state index in [0.29, 0.717) is 25.2 Å². The maximum Gasteiger partial charge on any atom is 0.301 e. The molecule has 1 aromatic carbocycles. The minimum Gasteiger partial charge on any atom is -0.396 e. The van der Waals surface area contributed by atoms with Crippen LogP contribution in [0.3, 0.4) is 0 Å². The maximum absolute atomic E-state index is 12.4. The Morgan fingerprint density at radius 2 is 1.81 bits per heavy atom. The van der Waals surface area contributed by atoms with Gasteiger partial charge in [-0.3, -0.25) is 4.72 Å². The van der Waals surface area contributed by atoms with Crippen molar-refractivity contribution in [3.05, 3.63) is 29.8 Å². The molecule has 1 aromatic rings. The lowest BCUT2D eigenvalue weighted by molar-refractivity contribution is -0.0439. The number of hydrogen-bond donors (Lipinski definition) is 2. The molecular formula is C14H22N2O4S. The molecule has 1 aliphatic heterocycles. The van der Waals surface area contributed by atoms with Crippen molar-refractivity contribution >= 4 is 15.9 Å². The average molecular weight is 314 g/mol. The molecule has 0 spiro atoms. The largest absolute Gasteiger partial charge is 0.396 e. The van der Waals surface area contributed by atoms with Crippen LogP contribution in [0.1, 0.15) is 19.4 Å². The predicted octanol–water partition coefficient (Wildman–Crippen LogP) is 0.987. The van der Waals surface area contributed by atoms with Gasteiger partial charge in [-0.1, -0.05) is 12.1 Å². The van der Waals surface area contributed by atoms with Crippen LogP contribution in [0.15, 0.2) is 24.3 Å². The Bertz CT molecular complexity index is 549. The third kappa shape index (κ3) is 4.41. The monoisotopic (exact) mass is 314 g/mol. The van der Waals surface area contributed by atoms with Crippen molar-refractivity contribution in [3.63, 3.8) is 0 Å². The second kappa shape index (κ2) is 6.74. The SMILES string of the molecule is CC1CN(S(=O)(=O)Nc2ccc(CCO)cc2)CC(C)O1. The van der Waals surface area contributed by atoms with Crippen molar-refractivity contribution in [2.24, 2.45) is 0 Å². The lowest BCUT2D eigenvalue weighted by atomic mass is 10.1. The zero-order valence-corrected chi connectivity index (χ0v) is 13.1. The molecule has 1 saturated heterocycles. The Balaban J connectivity index is 2.06. The van der Waals surface area contributed by atoms with Gasteiger partial charge in [-0.25, -0.2) is 0 Å². The molecule has 0 aliphatic carbocycles. The Morgan fingerprint density at radius 3 is 2.33 bits per heavy atom. The molecule has 1 heterocycles. The van der Waals surface area contributed by atoms with E-state index in [1.165, 1.54) is 4.31 Å². The van der Waals surface area contributed by atoms with Crippen LogP contribution in [-0.2, 0) is 21.4 Å². The number of anilines is 1. The van der Waals surface area contributed by atoms with Crippen molar-refractivity contribution in [2.75, 3.05) is 24.4 Å². The molecule has 118 valence electrons. The van der Waals surface area contributed by atoms with E-state index < -0.39 is 10.2 Å². The molecule has 0 aromatic heterocycles. The average Bonchev–Trinajstić information content (AvgIpc) is 2.40. The van der Waals surface area contributed by atoms with Crippen LogP contribution in [0.5, 0.6) is 0 Å². The highest BCUT2D eigenvalue weighted by Crippen LogP contribution is 2.18. The molecule has 7 heteroatoms. The molecule has 1 aliphatic rings. The maximum atomic E-state index is 12.4. The van der Waals surface area contributed by atoms with E-state index in [9.17, 15) is 8.42 Å². The van der Waals surface area contributed by atoms with Gasteiger partial charge < -0.3 is 9.84 Å². The van der Waals surface area contributed by atoms with E-state index in [0.717, 1.165) is 5.56 Å². The number of nitrogens with one attached hydrogen (secondary N) is 1. The van der Waals surface area contributed by atoms with Crippen LogP contribution in [-0.4, -0.2) is 49.7 Å². The smallest absolute Gasteiger partial charge is 0.301 e. The van der Waals surface area contributed by atoms with Gasteiger partial charge in [0.15, 0.2) is 0 Å². The highest BCUT2D eigenvalue weighted by molar-refractivity contribution is 7.90. The van der Waals surface area contributed by atoms with E-state index in [1.807, 2.05) is 13.8 Å². The van der Waals surface area contributed by atoms with Crippen LogP contribution in [0.25, 0.3) is 0 Å². The number of aliphatic hydroxyl groups is 1. The number of aliphatic hydroxyl groups excluding tert-OH is 1. The lowest BCUT2D eigenvalue weighted by Gasteiger charge is -2.34. The number of ether oxygens (including phenoxy) is 1. The predicted molar refractivity (Wildman–Crippen MR) is 81.4 cm³/mol. The minimum atomic E-state index is -3.57. The Hall–Kier alpha value is -1.15. The molecule has 21 heavy (non-hydrogen) atoms. The van der Waals surface area contributed by atoms with Gasteiger partial charge in [-0.2, -0.15) is 12.7 Å². The summed E-state index contributed by atoms with van der Waals surface area (Å²) >= 11 is 0. The summed E-state index contributed by atoms with van der Waals surface area (Å²) in [5.74, 6) is 0. The molecule has 2 N–H and O–H groups in total. The molecule has 2 rings (SSSR count). The van der Waals surface area contributed by atoms with E-state index in [-0.39, 0.29) is 18.8 Å². The molecule has 6 nitrogen and oxygen atoms in total. The van der Waals surface area contributed by atoms with Gasteiger partial charge in [-0.15, -0.1) is 0 Å². The molecule has 0 bridgehead atoms. The number of nitrogens with zero attached hydrogens (tertiary/aromatic N) is 1. The van der Waals surface area contributed by atoms with Gasteiger partial charge in [0.25, 0.3) is 0 Å². The topological polar surface area (TPSA) is 78.9 Å². The zero-order chi connectivity index (χ0) is 15.5. The van der Waals surface area contributed by atoms with Crippen LogP contribution in [0.4, 0.5) is 5.69 Å². The highest BCUT2D eigenvalue weighted by atomic mass is 32.2. The van der Waals surface area contributed by atoms with E-state index in [1.54, 1.807) is 24.3 Å². The highest BCUT2D eigenvalue weighted by Gasteiger charge is 2.30. The first-order valence-corrected chi connectivity index (χ1v) is 8.48. The van der Waals surface area contributed by atoms with Gasteiger partial charge in [-0.05, 0) is 38.0 Å². The van der Waals surface area contributed by atoms with E-state index >= 15 is 0 Å². The van der Waals surface area contributed by atoms with Gasteiger partial charge in [0.05, 0.1) is 12.2 Å². The van der Waals surface area contributed by atoms with Crippen molar-refractivity contribution in [1.82, 2.24) is 4.31 Å². The van der Waals surface area contributed by atoms with Gasteiger partial charge >= 0.3 is 10.2 Å². The van der Waals surface area contributed by atoms with E-state index in [4.69, 9.17) is 9.84 Å². The number of hydrogen-bond acceptors (Lipinski definition) is 4. The quantitative estimate of drug-likeness (QED) is 0.849. The Labute approximate surface area is 125 Å². The van der Waals surface area contributed by atoms with Crippen molar-refractivity contribution in [2.45, 2.75) is 32.5 Å². The Morgan fingerprint density at radius 1 is 1.24 bits per heavy atom. The van der Waals surface area contributed by atoms with Crippen molar-refractivity contribution < 1.29 is 18.3 Å². The summed E-state index contributed by atoms with van der Waals surface area (Å²) in [6.07, 6.45) is 0.334. The number of morpholine rings is 1. The summed E-state index contributed by atoms with van der Waals surface area (Å²) in [6, 6.07) is 7.02. The fourth-order valence-corrected chi connectivity index (χ4v) is 3.78. The molecule has 1 fully saturated rings. The fraction of sp³-hybridized carbons (Fsp3) is 0.571. The number of benzene rings is 1. The summed E-state index contributed by atoms with van der Waals surface area (Å²) in [4.78, 5) is 0. The summed E-state index contributed by atoms with van der Waals surface area (Å²) in [7, 11) is -3.57. The summed E-state index contributed by atoms with van der Waals surface area (Å²) in [5, 5.41) is 8.87. The Kier molecular flexibility index (Phi) is 5.21. The molecule has 0 amide bonds. The molecule has 0 saturated carbocycles. The second-order valence-electron chi connectivity index (χ2n) is 5.35. The zero-order valence-electron chi connectivity index (χ0n) is 12.3. The molecular weight excluding hydrogens is 292 g/mol. The first kappa shape index (κ1) is 16.2. The first-order valence-electron chi connectivity index (χ1n) is 7.04.